The van der Waals surface area contributed by atoms with Crippen LogP contribution in [-0.4, -0.2) is 41.1 Å². The first-order valence-corrected chi connectivity index (χ1v) is 9.62. The third kappa shape index (κ3) is 4.23. The van der Waals surface area contributed by atoms with Crippen LogP contribution in [0.4, 0.5) is 8.78 Å². The van der Waals surface area contributed by atoms with Crippen molar-refractivity contribution < 1.29 is 18.3 Å². The van der Waals surface area contributed by atoms with E-state index in [-0.39, 0.29) is 12.0 Å². The Hall–Kier alpha value is -1.76. The third-order valence-corrected chi connectivity index (χ3v) is 5.90. The number of aliphatic hydroxyl groups is 1. The van der Waals surface area contributed by atoms with E-state index in [0.29, 0.717) is 12.3 Å². The quantitative estimate of drug-likeness (QED) is 0.867. The van der Waals surface area contributed by atoms with Crippen molar-refractivity contribution in [2.45, 2.75) is 39.0 Å². The van der Waals surface area contributed by atoms with Gasteiger partial charge < -0.3 is 9.52 Å². The summed E-state index contributed by atoms with van der Waals surface area (Å²) < 4.78 is 32.3. The van der Waals surface area contributed by atoms with Crippen LogP contribution < -0.4 is 0 Å². The number of halogens is 2. The second kappa shape index (κ2) is 7.70. The van der Waals surface area contributed by atoms with Crippen LogP contribution in [-0.2, 0) is 19.7 Å². The van der Waals surface area contributed by atoms with Crippen molar-refractivity contribution in [2.24, 2.45) is 5.41 Å². The molecule has 1 N–H and O–H groups in total. The van der Waals surface area contributed by atoms with Crippen molar-refractivity contribution in [3.05, 3.63) is 59.1 Å². The van der Waals surface area contributed by atoms with Gasteiger partial charge in [-0.3, -0.25) is 9.80 Å². The molecule has 2 fully saturated rings. The van der Waals surface area contributed by atoms with Crippen molar-refractivity contribution in [1.82, 2.24) is 9.80 Å². The van der Waals surface area contributed by atoms with Crippen LogP contribution in [0.15, 0.2) is 34.7 Å². The maximum atomic E-state index is 13.5. The Morgan fingerprint density at radius 2 is 1.70 bits per heavy atom. The van der Waals surface area contributed by atoms with Crippen molar-refractivity contribution in [3.8, 4) is 0 Å². The monoisotopic (exact) mass is 376 g/mol. The number of piperidine rings is 1. The lowest BCUT2D eigenvalue weighted by Crippen LogP contribution is -2.44. The summed E-state index contributed by atoms with van der Waals surface area (Å²) in [5.74, 6) is -0.0608. The minimum atomic E-state index is -0.789. The Balaban J connectivity index is 1.36. The van der Waals surface area contributed by atoms with Crippen molar-refractivity contribution >= 4 is 0 Å². The van der Waals surface area contributed by atoms with Crippen molar-refractivity contribution in [3.63, 3.8) is 0 Å². The number of likely N-dealkylation sites (tertiary alicyclic amines) is 2. The molecule has 4 rings (SSSR count). The zero-order valence-corrected chi connectivity index (χ0v) is 15.5. The minimum Gasteiger partial charge on any atom is -0.462 e. The van der Waals surface area contributed by atoms with E-state index in [0.717, 1.165) is 56.9 Å². The molecule has 1 atom stereocenters. The van der Waals surface area contributed by atoms with Crippen LogP contribution in [0, 0.1) is 17.0 Å². The first-order chi connectivity index (χ1) is 13.0. The summed E-state index contributed by atoms with van der Waals surface area (Å²) in [5, 5.41) is 9.14. The summed E-state index contributed by atoms with van der Waals surface area (Å²) in [6.45, 7) is 5.41. The third-order valence-electron chi connectivity index (χ3n) is 5.90. The number of furan rings is 1. The normalized spacial score (nSPS) is 24.1. The van der Waals surface area contributed by atoms with Gasteiger partial charge in [0.25, 0.3) is 0 Å². The average molecular weight is 376 g/mol. The number of hydrogen-bond acceptors (Lipinski definition) is 4. The number of benzene rings is 1. The number of rotatable bonds is 5. The van der Waals surface area contributed by atoms with Gasteiger partial charge in [0.05, 0.1) is 6.54 Å². The van der Waals surface area contributed by atoms with Gasteiger partial charge in [0, 0.05) is 19.6 Å². The van der Waals surface area contributed by atoms with Crippen molar-refractivity contribution in [2.75, 3.05) is 26.2 Å². The predicted octanol–water partition coefficient (Wildman–Crippen LogP) is 3.54. The highest BCUT2D eigenvalue weighted by Crippen LogP contribution is 2.40. The molecular formula is C21H26F2N2O2. The molecule has 27 heavy (non-hydrogen) atoms. The fraction of sp³-hybridized carbons (Fsp3) is 0.524. The highest BCUT2D eigenvalue weighted by Gasteiger charge is 2.41. The molecule has 1 unspecified atom stereocenters. The van der Waals surface area contributed by atoms with E-state index in [1.807, 2.05) is 12.1 Å². The van der Waals surface area contributed by atoms with Crippen LogP contribution >= 0.6 is 0 Å². The zero-order valence-electron chi connectivity index (χ0n) is 15.5. The molecule has 0 saturated carbocycles. The SMILES string of the molecule is OCc1ccc(CN2CCC3(CCCN(Cc4ccc(F)c(F)c4)C3)C2)o1. The lowest BCUT2D eigenvalue weighted by Gasteiger charge is -2.40. The van der Waals surface area contributed by atoms with Gasteiger partial charge in [-0.05, 0) is 67.6 Å². The predicted molar refractivity (Wildman–Crippen MR) is 97.8 cm³/mol. The largest absolute Gasteiger partial charge is 0.462 e. The number of nitrogens with zero attached hydrogens (tertiary/aromatic N) is 2. The Labute approximate surface area is 158 Å². The second-order valence-corrected chi connectivity index (χ2v) is 8.05. The summed E-state index contributed by atoms with van der Waals surface area (Å²) in [5.41, 5.74) is 1.09. The summed E-state index contributed by atoms with van der Waals surface area (Å²) >= 11 is 0. The van der Waals surface area contributed by atoms with Crippen LogP contribution in [0.3, 0.4) is 0 Å². The van der Waals surface area contributed by atoms with Gasteiger partial charge in [0.2, 0.25) is 0 Å². The van der Waals surface area contributed by atoms with Gasteiger partial charge in [-0.15, -0.1) is 0 Å². The molecule has 3 heterocycles. The van der Waals surface area contributed by atoms with Crippen LogP contribution in [0.25, 0.3) is 0 Å². The number of hydrogen-bond donors (Lipinski definition) is 1. The molecule has 1 spiro atoms. The van der Waals surface area contributed by atoms with Crippen molar-refractivity contribution in [1.29, 1.82) is 0 Å². The minimum absolute atomic E-state index is 0.0666. The van der Waals surface area contributed by atoms with E-state index in [2.05, 4.69) is 9.80 Å². The molecule has 0 radical (unpaired) electrons. The zero-order chi connectivity index (χ0) is 18.9. The van der Waals surface area contributed by atoms with E-state index in [4.69, 9.17) is 9.52 Å². The average Bonchev–Trinajstić information content (AvgIpc) is 3.26. The lowest BCUT2D eigenvalue weighted by atomic mass is 9.79. The van der Waals surface area contributed by atoms with Gasteiger partial charge in [-0.2, -0.15) is 0 Å². The maximum absolute atomic E-state index is 13.5. The van der Waals surface area contributed by atoms with E-state index in [9.17, 15) is 8.78 Å². The highest BCUT2D eigenvalue weighted by molar-refractivity contribution is 5.18. The molecule has 1 aromatic carbocycles. The smallest absolute Gasteiger partial charge is 0.159 e. The fourth-order valence-electron chi connectivity index (χ4n) is 4.65. The summed E-state index contributed by atoms with van der Waals surface area (Å²) in [6.07, 6.45) is 3.49. The first kappa shape index (κ1) is 18.6. The molecule has 0 aliphatic carbocycles. The van der Waals surface area contributed by atoms with E-state index < -0.39 is 11.6 Å². The van der Waals surface area contributed by atoms with E-state index in [1.54, 1.807) is 6.07 Å². The van der Waals surface area contributed by atoms with Gasteiger partial charge >= 0.3 is 0 Å². The van der Waals surface area contributed by atoms with Crippen LogP contribution in [0.1, 0.15) is 36.3 Å². The Bertz CT molecular complexity index is 794. The number of aliphatic hydroxyl groups excluding tert-OH is 1. The molecule has 2 aromatic rings. The molecule has 4 nitrogen and oxygen atoms in total. The molecule has 2 saturated heterocycles. The lowest BCUT2D eigenvalue weighted by molar-refractivity contribution is 0.0856. The molecule has 6 heteroatoms. The summed E-state index contributed by atoms with van der Waals surface area (Å²) in [7, 11) is 0. The molecule has 146 valence electrons. The molecule has 2 aliphatic heterocycles. The first-order valence-electron chi connectivity index (χ1n) is 9.62. The second-order valence-electron chi connectivity index (χ2n) is 8.05. The highest BCUT2D eigenvalue weighted by atomic mass is 19.2. The van der Waals surface area contributed by atoms with Crippen LogP contribution in [0.5, 0.6) is 0 Å². The molecule has 2 aliphatic rings. The van der Waals surface area contributed by atoms with E-state index in [1.165, 1.54) is 18.6 Å². The molecule has 0 amide bonds. The Morgan fingerprint density at radius 1 is 0.926 bits per heavy atom. The maximum Gasteiger partial charge on any atom is 0.159 e. The summed E-state index contributed by atoms with van der Waals surface area (Å²) in [4.78, 5) is 4.79. The fourth-order valence-corrected chi connectivity index (χ4v) is 4.65. The molecule has 1 aromatic heterocycles. The van der Waals surface area contributed by atoms with Gasteiger partial charge in [0.15, 0.2) is 11.6 Å². The van der Waals surface area contributed by atoms with Gasteiger partial charge in [-0.1, -0.05) is 6.07 Å². The molecule has 0 bridgehead atoms. The summed E-state index contributed by atoms with van der Waals surface area (Å²) in [6, 6.07) is 7.97. The van der Waals surface area contributed by atoms with Crippen LogP contribution in [0.2, 0.25) is 0 Å². The van der Waals surface area contributed by atoms with Gasteiger partial charge in [-0.25, -0.2) is 8.78 Å². The topological polar surface area (TPSA) is 39.9 Å². The van der Waals surface area contributed by atoms with E-state index >= 15 is 0 Å². The Morgan fingerprint density at radius 3 is 2.44 bits per heavy atom. The Kier molecular flexibility index (Phi) is 5.30. The van der Waals surface area contributed by atoms with Gasteiger partial charge in [0.1, 0.15) is 18.1 Å². The standard InChI is InChI=1S/C21H26F2N2O2/c22-19-5-2-16(10-20(19)23)11-24-8-1-6-21(14-24)7-9-25(15-21)12-17-3-4-18(13-26)27-17/h2-5,10,26H,1,6-9,11-15H2. The molecular weight excluding hydrogens is 350 g/mol.